The topological polar surface area (TPSA) is 38.3 Å². The molecule has 17 heavy (non-hydrogen) atoms. The lowest BCUT2D eigenvalue weighted by atomic mass is 10.0. The van der Waals surface area contributed by atoms with Gasteiger partial charge in [-0.15, -0.1) is 0 Å². The molecule has 94 valence electrons. The second-order valence-electron chi connectivity index (χ2n) is 4.23. The van der Waals surface area contributed by atoms with Crippen LogP contribution in [0.15, 0.2) is 18.2 Å². The van der Waals surface area contributed by atoms with Gasteiger partial charge in [-0.25, -0.2) is 4.39 Å². The Kier molecular flexibility index (Phi) is 4.49. The zero-order valence-electron chi connectivity index (χ0n) is 10.6. The normalized spacial score (nSPS) is 13.9. The minimum atomic E-state index is -0.333. The molecule has 4 heteroatoms. The molecule has 2 unspecified atom stereocenters. The average Bonchev–Trinajstić information content (AvgIpc) is 2.30. The Hall–Kier alpha value is -1.58. The van der Waals surface area contributed by atoms with Gasteiger partial charge in [0.15, 0.2) is 0 Å². The van der Waals surface area contributed by atoms with Gasteiger partial charge in [0.05, 0.1) is 18.7 Å². The molecule has 0 saturated heterocycles. The lowest BCUT2D eigenvalue weighted by Crippen LogP contribution is -2.31. The van der Waals surface area contributed by atoms with Crippen molar-refractivity contribution in [1.29, 1.82) is 0 Å². The van der Waals surface area contributed by atoms with E-state index in [-0.39, 0.29) is 23.7 Å². The van der Waals surface area contributed by atoms with E-state index in [4.69, 9.17) is 0 Å². The maximum atomic E-state index is 13.6. The summed E-state index contributed by atoms with van der Waals surface area (Å²) in [6.07, 6.45) is 0. The van der Waals surface area contributed by atoms with Crippen molar-refractivity contribution >= 4 is 11.7 Å². The summed E-state index contributed by atoms with van der Waals surface area (Å²) >= 11 is 0. The predicted molar refractivity (Wildman–Crippen MR) is 65.4 cm³/mol. The highest BCUT2D eigenvalue weighted by Crippen LogP contribution is 2.18. The van der Waals surface area contributed by atoms with E-state index in [1.165, 1.54) is 13.2 Å². The van der Waals surface area contributed by atoms with E-state index < -0.39 is 0 Å². The minimum Gasteiger partial charge on any atom is -0.469 e. The largest absolute Gasteiger partial charge is 0.469 e. The van der Waals surface area contributed by atoms with Crippen LogP contribution < -0.4 is 5.32 Å². The Bertz CT molecular complexity index is 406. The highest BCUT2D eigenvalue weighted by molar-refractivity contribution is 5.73. The third kappa shape index (κ3) is 3.44. The molecular formula is C13H18FNO2. The van der Waals surface area contributed by atoms with E-state index in [2.05, 4.69) is 10.1 Å². The fourth-order valence-electron chi connectivity index (χ4n) is 1.50. The van der Waals surface area contributed by atoms with Crippen LogP contribution in [0.25, 0.3) is 0 Å². The monoisotopic (exact) mass is 239 g/mol. The molecule has 0 saturated carbocycles. The highest BCUT2D eigenvalue weighted by atomic mass is 19.1. The van der Waals surface area contributed by atoms with Crippen LogP contribution in [0.1, 0.15) is 19.4 Å². The molecule has 0 aliphatic carbocycles. The first kappa shape index (κ1) is 13.5. The Balaban J connectivity index is 2.74. The molecule has 1 aromatic rings. The van der Waals surface area contributed by atoms with Gasteiger partial charge in [0, 0.05) is 6.04 Å². The van der Waals surface area contributed by atoms with Gasteiger partial charge in [-0.1, -0.05) is 6.07 Å². The van der Waals surface area contributed by atoms with Crippen LogP contribution in [0.4, 0.5) is 10.1 Å². The predicted octanol–water partition coefficient (Wildman–Crippen LogP) is 2.74. The van der Waals surface area contributed by atoms with E-state index in [1.807, 2.05) is 19.9 Å². The number of aryl methyl sites for hydroxylation is 1. The standard InChI is InChI=1S/C13H18FNO2/c1-8-5-6-12(11(14)7-8)15-10(3)9(2)13(16)17-4/h5-7,9-10,15H,1-4H3. The quantitative estimate of drug-likeness (QED) is 0.821. The van der Waals surface area contributed by atoms with Crippen LogP contribution in [-0.2, 0) is 9.53 Å². The van der Waals surface area contributed by atoms with Crippen molar-refractivity contribution in [3.05, 3.63) is 29.6 Å². The van der Waals surface area contributed by atoms with Crippen molar-refractivity contribution in [3.8, 4) is 0 Å². The van der Waals surface area contributed by atoms with Crippen molar-refractivity contribution in [2.24, 2.45) is 5.92 Å². The zero-order chi connectivity index (χ0) is 13.0. The smallest absolute Gasteiger partial charge is 0.310 e. The third-order valence-corrected chi connectivity index (χ3v) is 2.83. The number of hydrogen-bond donors (Lipinski definition) is 1. The van der Waals surface area contributed by atoms with Gasteiger partial charge in [0.25, 0.3) is 0 Å². The summed E-state index contributed by atoms with van der Waals surface area (Å²) in [4.78, 5) is 11.3. The first-order valence-electron chi connectivity index (χ1n) is 5.56. The second kappa shape index (κ2) is 5.66. The average molecular weight is 239 g/mol. The molecule has 0 bridgehead atoms. The van der Waals surface area contributed by atoms with Crippen LogP contribution in [0.2, 0.25) is 0 Å². The Labute approximate surface area is 101 Å². The van der Waals surface area contributed by atoms with Crippen molar-refractivity contribution in [2.45, 2.75) is 26.8 Å². The van der Waals surface area contributed by atoms with Gasteiger partial charge < -0.3 is 10.1 Å². The summed E-state index contributed by atoms with van der Waals surface area (Å²) in [6.45, 7) is 5.39. The molecule has 0 fully saturated rings. The number of methoxy groups -OCH3 is 1. The van der Waals surface area contributed by atoms with Gasteiger partial charge in [-0.05, 0) is 38.5 Å². The molecule has 0 radical (unpaired) electrons. The number of anilines is 1. The second-order valence-corrected chi connectivity index (χ2v) is 4.23. The molecule has 0 aromatic heterocycles. The number of halogens is 1. The summed E-state index contributed by atoms with van der Waals surface area (Å²) in [5, 5.41) is 2.98. The summed E-state index contributed by atoms with van der Waals surface area (Å²) in [5.74, 6) is -0.952. The van der Waals surface area contributed by atoms with Crippen LogP contribution in [0.5, 0.6) is 0 Å². The van der Waals surface area contributed by atoms with Gasteiger partial charge in [-0.2, -0.15) is 0 Å². The number of benzene rings is 1. The Morgan fingerprint density at radius 1 is 1.41 bits per heavy atom. The maximum absolute atomic E-state index is 13.6. The third-order valence-electron chi connectivity index (χ3n) is 2.83. The molecule has 0 aliphatic heterocycles. The molecule has 0 spiro atoms. The molecule has 0 heterocycles. The van der Waals surface area contributed by atoms with Crippen molar-refractivity contribution in [1.82, 2.24) is 0 Å². The summed E-state index contributed by atoms with van der Waals surface area (Å²) in [7, 11) is 1.35. The zero-order valence-corrected chi connectivity index (χ0v) is 10.6. The van der Waals surface area contributed by atoms with E-state index in [1.54, 1.807) is 13.0 Å². The summed E-state index contributed by atoms with van der Waals surface area (Å²) in [5.41, 5.74) is 1.26. The number of rotatable bonds is 4. The fourth-order valence-corrected chi connectivity index (χ4v) is 1.50. The molecule has 1 rings (SSSR count). The summed E-state index contributed by atoms with van der Waals surface area (Å²) < 4.78 is 18.2. The number of carbonyl (C=O) groups excluding carboxylic acids is 1. The van der Waals surface area contributed by atoms with Crippen molar-refractivity contribution in [3.63, 3.8) is 0 Å². The van der Waals surface area contributed by atoms with Gasteiger partial charge in [-0.3, -0.25) is 4.79 Å². The van der Waals surface area contributed by atoms with E-state index in [0.717, 1.165) is 5.56 Å². The number of carbonyl (C=O) groups is 1. The van der Waals surface area contributed by atoms with Crippen LogP contribution in [-0.4, -0.2) is 19.1 Å². The van der Waals surface area contributed by atoms with Gasteiger partial charge in [0.1, 0.15) is 5.82 Å². The molecular weight excluding hydrogens is 221 g/mol. The Morgan fingerprint density at radius 3 is 2.59 bits per heavy atom. The summed E-state index contributed by atoms with van der Waals surface area (Å²) in [6, 6.07) is 4.75. The van der Waals surface area contributed by atoms with Crippen molar-refractivity contribution < 1.29 is 13.9 Å². The molecule has 1 N–H and O–H groups in total. The number of nitrogens with one attached hydrogen (secondary N) is 1. The van der Waals surface area contributed by atoms with Crippen LogP contribution in [0.3, 0.4) is 0 Å². The first-order chi connectivity index (χ1) is 7.95. The van der Waals surface area contributed by atoms with Gasteiger partial charge in [0.2, 0.25) is 0 Å². The first-order valence-corrected chi connectivity index (χ1v) is 5.56. The molecule has 0 aliphatic rings. The lowest BCUT2D eigenvalue weighted by molar-refractivity contribution is -0.145. The van der Waals surface area contributed by atoms with Crippen LogP contribution in [0, 0.1) is 18.7 Å². The number of esters is 1. The molecule has 2 atom stereocenters. The highest BCUT2D eigenvalue weighted by Gasteiger charge is 2.21. The van der Waals surface area contributed by atoms with Crippen molar-refractivity contribution in [2.75, 3.05) is 12.4 Å². The van der Waals surface area contributed by atoms with E-state index in [0.29, 0.717) is 5.69 Å². The van der Waals surface area contributed by atoms with Gasteiger partial charge >= 0.3 is 5.97 Å². The number of ether oxygens (including phenoxy) is 1. The fraction of sp³-hybridized carbons (Fsp3) is 0.462. The minimum absolute atomic E-state index is 0.195. The molecule has 3 nitrogen and oxygen atoms in total. The molecule has 0 amide bonds. The lowest BCUT2D eigenvalue weighted by Gasteiger charge is -2.20. The van der Waals surface area contributed by atoms with Crippen LogP contribution >= 0.6 is 0 Å². The van der Waals surface area contributed by atoms with E-state index in [9.17, 15) is 9.18 Å². The Morgan fingerprint density at radius 2 is 2.06 bits per heavy atom. The molecule has 1 aromatic carbocycles. The van der Waals surface area contributed by atoms with E-state index >= 15 is 0 Å². The SMILES string of the molecule is COC(=O)C(C)C(C)Nc1ccc(C)cc1F. The maximum Gasteiger partial charge on any atom is 0.310 e. The number of hydrogen-bond acceptors (Lipinski definition) is 3.